The van der Waals surface area contributed by atoms with Crippen LogP contribution < -0.4 is 0 Å². The van der Waals surface area contributed by atoms with Crippen LogP contribution >= 0.6 is 0 Å². The number of nitrogens with zero attached hydrogens (tertiary/aromatic N) is 1. The maximum Gasteiger partial charge on any atom is 0.320 e. The lowest BCUT2D eigenvalue weighted by Gasteiger charge is -2.32. The molecule has 1 aromatic carbocycles. The minimum atomic E-state index is -0.667. The zero-order chi connectivity index (χ0) is 14.5. The van der Waals surface area contributed by atoms with E-state index in [1.165, 1.54) is 11.1 Å². The summed E-state index contributed by atoms with van der Waals surface area (Å²) in [5.74, 6) is -0.109. The smallest absolute Gasteiger partial charge is 0.320 e. The minimum absolute atomic E-state index is 0.279. The van der Waals surface area contributed by atoms with E-state index in [0.717, 1.165) is 38.8 Å². The van der Waals surface area contributed by atoms with Gasteiger partial charge in [-0.05, 0) is 42.9 Å². The van der Waals surface area contributed by atoms with E-state index < -0.39 is 5.97 Å². The average molecular weight is 275 g/mol. The van der Waals surface area contributed by atoms with Crippen molar-refractivity contribution in [3.05, 3.63) is 35.4 Å². The fourth-order valence-electron chi connectivity index (χ4n) is 2.88. The second-order valence-electron chi connectivity index (χ2n) is 6.03. The summed E-state index contributed by atoms with van der Waals surface area (Å²) in [6, 6.07) is 8.44. The van der Waals surface area contributed by atoms with Gasteiger partial charge in [-0.3, -0.25) is 9.69 Å². The molecule has 0 saturated carbocycles. The Bertz CT molecular complexity index is 439. The first-order valence-electron chi connectivity index (χ1n) is 7.63. The molecule has 20 heavy (non-hydrogen) atoms. The van der Waals surface area contributed by atoms with Crippen molar-refractivity contribution in [2.24, 2.45) is 0 Å². The number of likely N-dealkylation sites (tertiary alicyclic amines) is 1. The van der Waals surface area contributed by atoms with Gasteiger partial charge in [0, 0.05) is 6.54 Å². The van der Waals surface area contributed by atoms with E-state index in [2.05, 4.69) is 43.0 Å². The minimum Gasteiger partial charge on any atom is -0.480 e. The fourth-order valence-corrected chi connectivity index (χ4v) is 2.88. The zero-order valence-corrected chi connectivity index (χ0v) is 12.5. The Hall–Kier alpha value is -1.35. The lowest BCUT2D eigenvalue weighted by atomic mass is 9.99. The Kier molecular flexibility index (Phi) is 5.18. The van der Waals surface area contributed by atoms with Gasteiger partial charge in [0.1, 0.15) is 6.04 Å². The van der Waals surface area contributed by atoms with Crippen LogP contribution in [0.25, 0.3) is 0 Å². The van der Waals surface area contributed by atoms with Gasteiger partial charge in [0.05, 0.1) is 0 Å². The summed E-state index contributed by atoms with van der Waals surface area (Å²) < 4.78 is 0. The van der Waals surface area contributed by atoms with Gasteiger partial charge >= 0.3 is 5.97 Å². The standard InChI is InChI=1S/C17H25NO2/c1-13(2)15-8-6-14(7-9-15)10-12-18-11-4-3-5-16(18)17(19)20/h6-9,13,16H,3-5,10-12H2,1-2H3,(H,19,20). The van der Waals surface area contributed by atoms with Gasteiger partial charge in [0.15, 0.2) is 0 Å². The zero-order valence-electron chi connectivity index (χ0n) is 12.5. The van der Waals surface area contributed by atoms with Crippen molar-refractivity contribution in [2.45, 2.75) is 51.5 Å². The second-order valence-corrected chi connectivity index (χ2v) is 6.03. The Balaban J connectivity index is 1.91. The van der Waals surface area contributed by atoms with Crippen LogP contribution in [0.2, 0.25) is 0 Å². The first kappa shape index (κ1) is 15.0. The Morgan fingerprint density at radius 1 is 1.30 bits per heavy atom. The molecular formula is C17H25NO2. The van der Waals surface area contributed by atoms with Gasteiger partial charge in [-0.2, -0.15) is 0 Å². The van der Waals surface area contributed by atoms with Gasteiger partial charge in [-0.25, -0.2) is 0 Å². The molecule has 0 bridgehead atoms. The molecule has 0 spiro atoms. The number of carboxylic acid groups (broad SMARTS) is 1. The molecule has 1 atom stereocenters. The van der Waals surface area contributed by atoms with Crippen LogP contribution in [-0.4, -0.2) is 35.1 Å². The van der Waals surface area contributed by atoms with Gasteiger partial charge in [-0.15, -0.1) is 0 Å². The first-order chi connectivity index (χ1) is 9.58. The predicted molar refractivity (Wildman–Crippen MR) is 81.1 cm³/mol. The molecule has 2 rings (SSSR count). The average Bonchev–Trinajstić information content (AvgIpc) is 2.45. The van der Waals surface area contributed by atoms with Gasteiger partial charge < -0.3 is 5.11 Å². The lowest BCUT2D eigenvalue weighted by molar-refractivity contribution is -0.144. The van der Waals surface area contributed by atoms with Crippen molar-refractivity contribution in [2.75, 3.05) is 13.1 Å². The summed E-state index contributed by atoms with van der Waals surface area (Å²) in [6.07, 6.45) is 3.89. The largest absolute Gasteiger partial charge is 0.480 e. The molecule has 1 saturated heterocycles. The van der Waals surface area contributed by atoms with Crippen LogP contribution in [-0.2, 0) is 11.2 Å². The highest BCUT2D eigenvalue weighted by molar-refractivity contribution is 5.73. The summed E-state index contributed by atoms with van der Waals surface area (Å²) in [5.41, 5.74) is 2.65. The van der Waals surface area contributed by atoms with E-state index in [9.17, 15) is 9.90 Å². The van der Waals surface area contributed by atoms with Crippen molar-refractivity contribution in [3.63, 3.8) is 0 Å². The van der Waals surface area contributed by atoms with Crippen LogP contribution in [0.1, 0.15) is 50.2 Å². The van der Waals surface area contributed by atoms with Crippen LogP contribution in [0.4, 0.5) is 0 Å². The molecule has 1 heterocycles. The molecule has 1 unspecified atom stereocenters. The number of rotatable bonds is 5. The van der Waals surface area contributed by atoms with Gasteiger partial charge in [0.25, 0.3) is 0 Å². The molecule has 0 aromatic heterocycles. The molecular weight excluding hydrogens is 250 g/mol. The van der Waals surface area contributed by atoms with Crippen LogP contribution in [0.3, 0.4) is 0 Å². The third kappa shape index (κ3) is 3.83. The van der Waals surface area contributed by atoms with Crippen molar-refractivity contribution < 1.29 is 9.90 Å². The van der Waals surface area contributed by atoms with Crippen molar-refractivity contribution in [1.82, 2.24) is 4.90 Å². The topological polar surface area (TPSA) is 40.5 Å². The van der Waals surface area contributed by atoms with Crippen LogP contribution in [0.5, 0.6) is 0 Å². The van der Waals surface area contributed by atoms with E-state index in [1.54, 1.807) is 0 Å². The summed E-state index contributed by atoms with van der Waals surface area (Å²) >= 11 is 0. The third-order valence-corrected chi connectivity index (χ3v) is 4.23. The molecule has 3 heteroatoms. The molecule has 0 aliphatic carbocycles. The molecule has 1 N–H and O–H groups in total. The van der Waals surface area contributed by atoms with Gasteiger partial charge in [0.2, 0.25) is 0 Å². The molecule has 3 nitrogen and oxygen atoms in total. The summed E-state index contributed by atoms with van der Waals surface area (Å²) in [6.45, 7) is 6.15. The molecule has 1 aliphatic heterocycles. The number of carboxylic acids is 1. The van der Waals surface area contributed by atoms with E-state index in [-0.39, 0.29) is 6.04 Å². The second kappa shape index (κ2) is 6.89. The number of aliphatic carboxylic acids is 1. The van der Waals surface area contributed by atoms with Crippen LogP contribution in [0.15, 0.2) is 24.3 Å². The molecule has 0 radical (unpaired) electrons. The van der Waals surface area contributed by atoms with E-state index >= 15 is 0 Å². The van der Waals surface area contributed by atoms with Crippen molar-refractivity contribution in [1.29, 1.82) is 0 Å². The lowest BCUT2D eigenvalue weighted by Crippen LogP contribution is -2.45. The first-order valence-corrected chi connectivity index (χ1v) is 7.63. The number of piperidine rings is 1. The molecule has 0 amide bonds. The number of hydrogen-bond acceptors (Lipinski definition) is 2. The summed E-state index contributed by atoms with van der Waals surface area (Å²) in [5, 5.41) is 9.26. The highest BCUT2D eigenvalue weighted by Crippen LogP contribution is 2.19. The summed E-state index contributed by atoms with van der Waals surface area (Å²) in [4.78, 5) is 13.4. The van der Waals surface area contributed by atoms with E-state index in [1.807, 2.05) is 0 Å². The fraction of sp³-hybridized carbons (Fsp3) is 0.588. The quantitative estimate of drug-likeness (QED) is 0.896. The molecule has 1 aliphatic rings. The molecule has 110 valence electrons. The molecule has 1 fully saturated rings. The van der Waals surface area contributed by atoms with E-state index in [4.69, 9.17) is 0 Å². The Labute approximate surface area is 121 Å². The van der Waals surface area contributed by atoms with Crippen molar-refractivity contribution >= 4 is 5.97 Å². The van der Waals surface area contributed by atoms with Crippen LogP contribution in [0, 0.1) is 0 Å². The maximum absolute atomic E-state index is 11.3. The number of carbonyl (C=O) groups is 1. The normalized spacial score (nSPS) is 20.2. The predicted octanol–water partition coefficient (Wildman–Crippen LogP) is 3.29. The maximum atomic E-state index is 11.3. The number of hydrogen-bond donors (Lipinski definition) is 1. The third-order valence-electron chi connectivity index (χ3n) is 4.23. The monoisotopic (exact) mass is 275 g/mol. The van der Waals surface area contributed by atoms with Crippen molar-refractivity contribution in [3.8, 4) is 0 Å². The number of benzene rings is 1. The Morgan fingerprint density at radius 3 is 2.60 bits per heavy atom. The van der Waals surface area contributed by atoms with Gasteiger partial charge in [-0.1, -0.05) is 44.5 Å². The summed E-state index contributed by atoms with van der Waals surface area (Å²) in [7, 11) is 0. The highest BCUT2D eigenvalue weighted by Gasteiger charge is 2.27. The molecule has 1 aromatic rings. The van der Waals surface area contributed by atoms with E-state index in [0.29, 0.717) is 5.92 Å². The Morgan fingerprint density at radius 2 is 2.00 bits per heavy atom. The highest BCUT2D eigenvalue weighted by atomic mass is 16.4. The SMILES string of the molecule is CC(C)c1ccc(CCN2CCCCC2C(=O)O)cc1.